The number of nitrogens with one attached hydrogen (secondary N) is 1. The molecular formula is C12H23N. The van der Waals surface area contributed by atoms with Crippen molar-refractivity contribution in [1.29, 1.82) is 0 Å². The van der Waals surface area contributed by atoms with E-state index in [2.05, 4.69) is 19.2 Å². The molecule has 2 fully saturated rings. The van der Waals surface area contributed by atoms with Crippen molar-refractivity contribution in [2.45, 2.75) is 46.0 Å². The third kappa shape index (κ3) is 1.63. The van der Waals surface area contributed by atoms with Crippen molar-refractivity contribution in [1.82, 2.24) is 5.32 Å². The SMILES string of the molecule is CC(C)C1CNCCC12CCCC2. The summed E-state index contributed by atoms with van der Waals surface area (Å²) in [6, 6.07) is 0. The average molecular weight is 181 g/mol. The van der Waals surface area contributed by atoms with E-state index in [-0.39, 0.29) is 0 Å². The lowest BCUT2D eigenvalue weighted by Crippen LogP contribution is -2.46. The molecule has 0 aromatic carbocycles. The van der Waals surface area contributed by atoms with E-state index in [9.17, 15) is 0 Å². The second kappa shape index (κ2) is 3.61. The molecule has 0 aromatic rings. The molecule has 1 aliphatic heterocycles. The van der Waals surface area contributed by atoms with Crippen LogP contribution in [0.2, 0.25) is 0 Å². The van der Waals surface area contributed by atoms with E-state index in [1.54, 1.807) is 0 Å². The maximum Gasteiger partial charge on any atom is -0.00127 e. The minimum atomic E-state index is 0.749. The van der Waals surface area contributed by atoms with Crippen LogP contribution >= 0.6 is 0 Å². The van der Waals surface area contributed by atoms with Gasteiger partial charge in [-0.05, 0) is 49.6 Å². The van der Waals surface area contributed by atoms with Crippen molar-refractivity contribution in [3.05, 3.63) is 0 Å². The first-order valence-electron chi connectivity index (χ1n) is 5.95. The van der Waals surface area contributed by atoms with E-state index >= 15 is 0 Å². The van der Waals surface area contributed by atoms with E-state index in [1.165, 1.54) is 45.2 Å². The van der Waals surface area contributed by atoms with Crippen LogP contribution in [0.15, 0.2) is 0 Å². The van der Waals surface area contributed by atoms with Gasteiger partial charge in [-0.2, -0.15) is 0 Å². The third-order valence-electron chi connectivity index (χ3n) is 4.35. The highest BCUT2D eigenvalue weighted by Gasteiger charge is 2.43. The van der Waals surface area contributed by atoms with E-state index in [1.807, 2.05) is 0 Å². The highest BCUT2D eigenvalue weighted by atomic mass is 14.9. The molecule has 2 aliphatic rings. The number of rotatable bonds is 1. The lowest BCUT2D eigenvalue weighted by Gasteiger charge is -2.44. The van der Waals surface area contributed by atoms with Crippen molar-refractivity contribution in [2.24, 2.45) is 17.3 Å². The summed E-state index contributed by atoms with van der Waals surface area (Å²) < 4.78 is 0. The predicted octanol–water partition coefficient (Wildman–Crippen LogP) is 2.81. The summed E-state index contributed by atoms with van der Waals surface area (Å²) in [7, 11) is 0. The van der Waals surface area contributed by atoms with Crippen LogP contribution in [-0.4, -0.2) is 13.1 Å². The van der Waals surface area contributed by atoms with Crippen molar-refractivity contribution >= 4 is 0 Å². The Morgan fingerprint density at radius 2 is 1.85 bits per heavy atom. The first kappa shape index (κ1) is 9.51. The van der Waals surface area contributed by atoms with Crippen molar-refractivity contribution in [2.75, 3.05) is 13.1 Å². The van der Waals surface area contributed by atoms with Crippen LogP contribution in [0.1, 0.15) is 46.0 Å². The molecule has 1 saturated heterocycles. The molecule has 0 aromatic heterocycles. The Hall–Kier alpha value is -0.0400. The van der Waals surface area contributed by atoms with Gasteiger partial charge in [0.15, 0.2) is 0 Å². The summed E-state index contributed by atoms with van der Waals surface area (Å²) in [6.07, 6.45) is 7.44. The number of hydrogen-bond donors (Lipinski definition) is 1. The quantitative estimate of drug-likeness (QED) is 0.656. The average Bonchev–Trinajstić information content (AvgIpc) is 2.54. The first-order valence-corrected chi connectivity index (χ1v) is 5.95. The molecule has 1 aliphatic carbocycles. The van der Waals surface area contributed by atoms with Crippen LogP contribution in [0.4, 0.5) is 0 Å². The summed E-state index contributed by atoms with van der Waals surface area (Å²) in [6.45, 7) is 7.34. The van der Waals surface area contributed by atoms with Crippen LogP contribution in [-0.2, 0) is 0 Å². The molecule has 1 unspecified atom stereocenters. The summed E-state index contributed by atoms with van der Waals surface area (Å²) in [4.78, 5) is 0. The van der Waals surface area contributed by atoms with Gasteiger partial charge in [0.1, 0.15) is 0 Å². The lowest BCUT2D eigenvalue weighted by atomic mass is 9.65. The van der Waals surface area contributed by atoms with Crippen LogP contribution in [0.5, 0.6) is 0 Å². The van der Waals surface area contributed by atoms with Gasteiger partial charge in [0, 0.05) is 0 Å². The zero-order chi connectivity index (χ0) is 9.31. The molecular weight excluding hydrogens is 158 g/mol. The molecule has 1 N–H and O–H groups in total. The zero-order valence-corrected chi connectivity index (χ0v) is 9.10. The normalized spacial score (nSPS) is 33.0. The topological polar surface area (TPSA) is 12.0 Å². The molecule has 1 saturated carbocycles. The van der Waals surface area contributed by atoms with Crippen molar-refractivity contribution in [3.8, 4) is 0 Å². The van der Waals surface area contributed by atoms with Gasteiger partial charge in [0.2, 0.25) is 0 Å². The molecule has 0 bridgehead atoms. The number of hydrogen-bond acceptors (Lipinski definition) is 1. The highest BCUT2D eigenvalue weighted by molar-refractivity contribution is 4.95. The Balaban J connectivity index is 2.12. The maximum absolute atomic E-state index is 3.57. The molecule has 1 nitrogen and oxygen atoms in total. The van der Waals surface area contributed by atoms with E-state index in [4.69, 9.17) is 0 Å². The van der Waals surface area contributed by atoms with Crippen LogP contribution in [0.3, 0.4) is 0 Å². The largest absolute Gasteiger partial charge is 0.316 e. The Kier molecular flexibility index (Phi) is 2.64. The monoisotopic (exact) mass is 181 g/mol. The van der Waals surface area contributed by atoms with Gasteiger partial charge in [0.05, 0.1) is 0 Å². The fourth-order valence-electron chi connectivity index (χ4n) is 3.64. The molecule has 0 amide bonds. The van der Waals surface area contributed by atoms with Gasteiger partial charge in [-0.1, -0.05) is 26.7 Å². The Morgan fingerprint density at radius 3 is 2.46 bits per heavy atom. The number of piperidine rings is 1. The molecule has 2 rings (SSSR count). The van der Waals surface area contributed by atoms with Crippen molar-refractivity contribution < 1.29 is 0 Å². The summed E-state index contributed by atoms with van der Waals surface area (Å²) in [5.41, 5.74) is 0.749. The first-order chi connectivity index (χ1) is 6.25. The molecule has 1 spiro atoms. The van der Waals surface area contributed by atoms with Crippen LogP contribution in [0.25, 0.3) is 0 Å². The standard InChI is InChI=1S/C12H23N/c1-10(2)11-9-13-8-7-12(11)5-3-4-6-12/h10-11,13H,3-9H2,1-2H3. The third-order valence-corrected chi connectivity index (χ3v) is 4.35. The second-order valence-electron chi connectivity index (χ2n) is 5.37. The van der Waals surface area contributed by atoms with Crippen LogP contribution < -0.4 is 5.32 Å². The Labute approximate surface area is 82.3 Å². The van der Waals surface area contributed by atoms with Crippen LogP contribution in [0, 0.1) is 17.3 Å². The molecule has 1 heteroatoms. The van der Waals surface area contributed by atoms with Gasteiger partial charge in [-0.15, -0.1) is 0 Å². The minimum Gasteiger partial charge on any atom is -0.316 e. The second-order valence-corrected chi connectivity index (χ2v) is 5.37. The van der Waals surface area contributed by atoms with Gasteiger partial charge >= 0.3 is 0 Å². The summed E-state index contributed by atoms with van der Waals surface area (Å²) in [5.74, 6) is 1.81. The Bertz CT molecular complexity index is 168. The fraction of sp³-hybridized carbons (Fsp3) is 1.00. The smallest absolute Gasteiger partial charge is 0.00127 e. The predicted molar refractivity (Wildman–Crippen MR) is 56.7 cm³/mol. The maximum atomic E-state index is 3.57. The fourth-order valence-corrected chi connectivity index (χ4v) is 3.64. The minimum absolute atomic E-state index is 0.749. The van der Waals surface area contributed by atoms with E-state index in [0.29, 0.717) is 0 Å². The summed E-state index contributed by atoms with van der Waals surface area (Å²) >= 11 is 0. The zero-order valence-electron chi connectivity index (χ0n) is 9.10. The lowest BCUT2D eigenvalue weighted by molar-refractivity contribution is 0.0776. The molecule has 1 heterocycles. The van der Waals surface area contributed by atoms with E-state index in [0.717, 1.165) is 17.3 Å². The van der Waals surface area contributed by atoms with Gasteiger partial charge in [0.25, 0.3) is 0 Å². The molecule has 13 heavy (non-hydrogen) atoms. The van der Waals surface area contributed by atoms with Gasteiger partial charge < -0.3 is 5.32 Å². The highest BCUT2D eigenvalue weighted by Crippen LogP contribution is 2.50. The molecule has 0 radical (unpaired) electrons. The Morgan fingerprint density at radius 1 is 1.15 bits per heavy atom. The molecule has 1 atom stereocenters. The van der Waals surface area contributed by atoms with Crippen molar-refractivity contribution in [3.63, 3.8) is 0 Å². The van der Waals surface area contributed by atoms with E-state index < -0.39 is 0 Å². The van der Waals surface area contributed by atoms with Gasteiger partial charge in [-0.25, -0.2) is 0 Å². The van der Waals surface area contributed by atoms with Gasteiger partial charge in [-0.3, -0.25) is 0 Å². The molecule has 76 valence electrons. The summed E-state index contributed by atoms with van der Waals surface area (Å²) in [5, 5.41) is 3.57.